The Balaban J connectivity index is 2.31. The van der Waals surface area contributed by atoms with Crippen molar-refractivity contribution in [2.75, 3.05) is 6.54 Å². The summed E-state index contributed by atoms with van der Waals surface area (Å²) in [6, 6.07) is 10.7. The number of halogens is 2. The third-order valence-corrected chi connectivity index (χ3v) is 6.08. The van der Waals surface area contributed by atoms with Gasteiger partial charge in [0.05, 0.1) is 6.42 Å². The Bertz CT molecular complexity index is 914. The van der Waals surface area contributed by atoms with Gasteiger partial charge in [0.1, 0.15) is 6.04 Å². The average Bonchev–Trinajstić information content (AvgIpc) is 2.72. The van der Waals surface area contributed by atoms with Crippen LogP contribution in [0.4, 0.5) is 0 Å². The fourth-order valence-electron chi connectivity index (χ4n) is 3.45. The maximum atomic E-state index is 13.4. The van der Waals surface area contributed by atoms with Crippen molar-refractivity contribution in [2.24, 2.45) is 0 Å². The molecule has 1 N–H and O–H groups in total. The molecule has 0 aliphatic carbocycles. The second-order valence-electron chi connectivity index (χ2n) is 7.92. The summed E-state index contributed by atoms with van der Waals surface area (Å²) in [6.07, 6.45) is 2.64. The van der Waals surface area contributed by atoms with Gasteiger partial charge in [-0.3, -0.25) is 9.59 Å². The number of benzene rings is 2. The highest BCUT2D eigenvalue weighted by molar-refractivity contribution is 6.35. The summed E-state index contributed by atoms with van der Waals surface area (Å²) in [7, 11) is 0. The summed E-state index contributed by atoms with van der Waals surface area (Å²) in [5.41, 5.74) is 4.02. The first-order chi connectivity index (χ1) is 14.8. The second kappa shape index (κ2) is 12.1. The fraction of sp³-hybridized carbons (Fsp3) is 0.440. The lowest BCUT2D eigenvalue weighted by molar-refractivity contribution is -0.140. The largest absolute Gasteiger partial charge is 0.354 e. The maximum absolute atomic E-state index is 13.4. The number of unbranched alkanes of at least 4 members (excludes halogenated alkanes) is 1. The van der Waals surface area contributed by atoms with Crippen molar-refractivity contribution in [3.63, 3.8) is 0 Å². The van der Waals surface area contributed by atoms with Crippen LogP contribution in [-0.2, 0) is 22.6 Å². The van der Waals surface area contributed by atoms with E-state index < -0.39 is 6.04 Å². The zero-order valence-electron chi connectivity index (χ0n) is 18.8. The van der Waals surface area contributed by atoms with Crippen molar-refractivity contribution in [1.82, 2.24) is 10.2 Å². The minimum Gasteiger partial charge on any atom is -0.354 e. The van der Waals surface area contributed by atoms with Crippen LogP contribution in [0.2, 0.25) is 10.0 Å². The predicted octanol–water partition coefficient (Wildman–Crippen LogP) is 5.88. The molecule has 168 valence electrons. The number of carbonyl (C=O) groups excluding carboxylic acids is 2. The van der Waals surface area contributed by atoms with E-state index in [1.807, 2.05) is 45.0 Å². The van der Waals surface area contributed by atoms with Gasteiger partial charge in [0, 0.05) is 23.1 Å². The molecule has 0 unspecified atom stereocenters. The number of carbonyl (C=O) groups is 2. The minimum absolute atomic E-state index is 0.105. The van der Waals surface area contributed by atoms with Crippen molar-refractivity contribution in [1.29, 1.82) is 0 Å². The van der Waals surface area contributed by atoms with Gasteiger partial charge in [0.25, 0.3) is 0 Å². The molecule has 2 aromatic carbocycles. The van der Waals surface area contributed by atoms with Crippen LogP contribution < -0.4 is 5.32 Å². The quantitative estimate of drug-likeness (QED) is 0.448. The SMILES string of the molecule is CCCCNC(=O)[C@@H](CC)N(Cc1ccc(Cl)cc1Cl)C(=O)Cc1ccc(C)c(C)c1. The van der Waals surface area contributed by atoms with Gasteiger partial charge in [-0.25, -0.2) is 0 Å². The zero-order valence-corrected chi connectivity index (χ0v) is 20.3. The van der Waals surface area contributed by atoms with E-state index in [4.69, 9.17) is 23.2 Å². The minimum atomic E-state index is -0.567. The third-order valence-electron chi connectivity index (χ3n) is 5.50. The Morgan fingerprint density at radius 3 is 2.39 bits per heavy atom. The van der Waals surface area contributed by atoms with Crippen LogP contribution in [0.5, 0.6) is 0 Å². The summed E-state index contributed by atoms with van der Waals surface area (Å²) in [5.74, 6) is -0.235. The molecule has 0 radical (unpaired) electrons. The zero-order chi connectivity index (χ0) is 23.0. The molecule has 4 nitrogen and oxygen atoms in total. The molecule has 0 fully saturated rings. The van der Waals surface area contributed by atoms with E-state index in [1.54, 1.807) is 17.0 Å². The summed E-state index contributed by atoms with van der Waals surface area (Å²) in [5, 5.41) is 3.99. The highest BCUT2D eigenvalue weighted by Gasteiger charge is 2.29. The lowest BCUT2D eigenvalue weighted by Gasteiger charge is -2.31. The number of hydrogen-bond acceptors (Lipinski definition) is 2. The van der Waals surface area contributed by atoms with Crippen molar-refractivity contribution in [3.05, 3.63) is 68.7 Å². The topological polar surface area (TPSA) is 49.4 Å². The van der Waals surface area contributed by atoms with Gasteiger partial charge >= 0.3 is 0 Å². The first-order valence-electron chi connectivity index (χ1n) is 10.8. The molecule has 2 amide bonds. The van der Waals surface area contributed by atoms with E-state index in [9.17, 15) is 9.59 Å². The van der Waals surface area contributed by atoms with E-state index in [0.717, 1.165) is 29.5 Å². The monoisotopic (exact) mass is 462 g/mol. The van der Waals surface area contributed by atoms with Crippen LogP contribution in [0, 0.1) is 13.8 Å². The normalized spacial score (nSPS) is 11.8. The van der Waals surface area contributed by atoms with E-state index in [1.165, 1.54) is 5.56 Å². The molecule has 2 rings (SSSR count). The predicted molar refractivity (Wildman–Crippen MR) is 129 cm³/mol. The molecule has 0 aliphatic heterocycles. The number of aryl methyl sites for hydroxylation is 2. The lowest BCUT2D eigenvalue weighted by atomic mass is 10.0. The molecule has 0 spiro atoms. The molecule has 1 atom stereocenters. The Labute approximate surface area is 195 Å². The van der Waals surface area contributed by atoms with E-state index in [2.05, 4.69) is 12.2 Å². The molecule has 0 heterocycles. The van der Waals surface area contributed by atoms with Crippen LogP contribution in [0.1, 0.15) is 55.4 Å². The van der Waals surface area contributed by atoms with Crippen LogP contribution >= 0.6 is 23.2 Å². The molecule has 2 aromatic rings. The van der Waals surface area contributed by atoms with Gasteiger partial charge < -0.3 is 10.2 Å². The number of nitrogens with zero attached hydrogens (tertiary/aromatic N) is 1. The molecule has 0 saturated heterocycles. The smallest absolute Gasteiger partial charge is 0.242 e. The Morgan fingerprint density at radius 2 is 1.77 bits per heavy atom. The van der Waals surface area contributed by atoms with E-state index in [-0.39, 0.29) is 24.8 Å². The number of rotatable bonds is 10. The summed E-state index contributed by atoms with van der Waals surface area (Å²) in [6.45, 7) is 8.93. The van der Waals surface area contributed by atoms with Gasteiger partial charge in [-0.15, -0.1) is 0 Å². The molecule has 0 bridgehead atoms. The third kappa shape index (κ3) is 7.26. The van der Waals surface area contributed by atoms with Crippen molar-refractivity contribution < 1.29 is 9.59 Å². The van der Waals surface area contributed by atoms with E-state index >= 15 is 0 Å². The Morgan fingerprint density at radius 1 is 1.03 bits per heavy atom. The molecular formula is C25H32Cl2N2O2. The Hall–Kier alpha value is -2.04. The summed E-state index contributed by atoms with van der Waals surface area (Å²) >= 11 is 12.4. The van der Waals surface area contributed by atoms with Gasteiger partial charge in [0.15, 0.2) is 0 Å². The molecule has 0 saturated carbocycles. The first-order valence-corrected chi connectivity index (χ1v) is 11.6. The van der Waals surface area contributed by atoms with Gasteiger partial charge in [-0.05, 0) is 61.1 Å². The van der Waals surface area contributed by atoms with Crippen molar-refractivity contribution >= 4 is 35.0 Å². The van der Waals surface area contributed by atoms with Crippen LogP contribution in [0.25, 0.3) is 0 Å². The first kappa shape index (κ1) is 25.2. The van der Waals surface area contributed by atoms with Crippen LogP contribution in [0.3, 0.4) is 0 Å². The molecule has 31 heavy (non-hydrogen) atoms. The maximum Gasteiger partial charge on any atom is 0.242 e. The van der Waals surface area contributed by atoms with Crippen molar-refractivity contribution in [3.8, 4) is 0 Å². The van der Waals surface area contributed by atoms with Gasteiger partial charge in [-0.1, -0.05) is 67.7 Å². The molecule has 0 aromatic heterocycles. The van der Waals surface area contributed by atoms with Crippen molar-refractivity contribution in [2.45, 2.75) is 66.0 Å². The molecular weight excluding hydrogens is 431 g/mol. The van der Waals surface area contributed by atoms with Gasteiger partial charge in [-0.2, -0.15) is 0 Å². The summed E-state index contributed by atoms with van der Waals surface area (Å²) in [4.78, 5) is 28.0. The average molecular weight is 463 g/mol. The lowest BCUT2D eigenvalue weighted by Crippen LogP contribution is -2.49. The number of hydrogen-bond donors (Lipinski definition) is 1. The number of nitrogens with one attached hydrogen (secondary N) is 1. The highest BCUT2D eigenvalue weighted by atomic mass is 35.5. The Kier molecular flexibility index (Phi) is 9.86. The second-order valence-corrected chi connectivity index (χ2v) is 8.77. The van der Waals surface area contributed by atoms with Crippen LogP contribution in [-0.4, -0.2) is 29.3 Å². The standard InChI is InChI=1S/C25H32Cl2N2O2/c1-5-7-12-28-25(31)23(6-2)29(16-20-10-11-21(26)15-22(20)27)24(30)14-19-9-8-17(3)18(4)13-19/h8-11,13,15,23H,5-7,12,14,16H2,1-4H3,(H,28,31)/t23-/m1/s1. The molecule has 6 heteroatoms. The van der Waals surface area contributed by atoms with Crippen LogP contribution in [0.15, 0.2) is 36.4 Å². The van der Waals surface area contributed by atoms with Gasteiger partial charge in [0.2, 0.25) is 11.8 Å². The molecule has 0 aliphatic rings. The highest BCUT2D eigenvalue weighted by Crippen LogP contribution is 2.24. The fourth-order valence-corrected chi connectivity index (χ4v) is 3.92. The van der Waals surface area contributed by atoms with E-state index in [0.29, 0.717) is 23.0 Å². The number of amides is 2. The summed E-state index contributed by atoms with van der Waals surface area (Å²) < 4.78 is 0.